The van der Waals surface area contributed by atoms with E-state index in [4.69, 9.17) is 16.0 Å². The Morgan fingerprint density at radius 1 is 0.933 bits per heavy atom. The largest absolute Gasteiger partial charge is 0.543 e. The molecule has 3 nitrogen and oxygen atoms in total. The van der Waals surface area contributed by atoms with Gasteiger partial charge < -0.3 is 4.43 Å². The number of hydrogen-bond donors (Lipinski definition) is 0. The van der Waals surface area contributed by atoms with Crippen molar-refractivity contribution < 1.29 is 9.22 Å². The van der Waals surface area contributed by atoms with E-state index in [2.05, 4.69) is 48.1 Å². The van der Waals surface area contributed by atoms with Crippen molar-refractivity contribution >= 4 is 37.2 Å². The van der Waals surface area contributed by atoms with E-state index in [-0.39, 0.29) is 5.91 Å². The second-order valence-corrected chi connectivity index (χ2v) is 14.6. The van der Waals surface area contributed by atoms with Crippen molar-refractivity contribution in [3.05, 3.63) is 65.7 Å². The van der Waals surface area contributed by atoms with Gasteiger partial charge in [-0.3, -0.25) is 9.69 Å². The van der Waals surface area contributed by atoms with E-state index in [1.165, 1.54) is 0 Å². The Labute approximate surface area is 187 Å². The van der Waals surface area contributed by atoms with Gasteiger partial charge in [-0.05, 0) is 59.9 Å². The normalized spacial score (nSPS) is 11.8. The molecule has 2 aromatic carbocycles. The van der Waals surface area contributed by atoms with Gasteiger partial charge in [0.25, 0.3) is 14.2 Å². The molecule has 0 fully saturated rings. The average molecular weight is 444 g/mol. The molecule has 30 heavy (non-hydrogen) atoms. The van der Waals surface area contributed by atoms with E-state index < -0.39 is 8.32 Å². The minimum atomic E-state index is -2.10. The SMILES string of the molecule is C=C(C)C(=O)N(c1ccc(Cl)cc1)c1cccc(O[Si](C(C)C)(C(C)C)C(C)C)c1. The van der Waals surface area contributed by atoms with Gasteiger partial charge in [0.2, 0.25) is 0 Å². The molecule has 0 saturated heterocycles. The predicted molar refractivity (Wildman–Crippen MR) is 132 cm³/mol. The van der Waals surface area contributed by atoms with E-state index in [0.29, 0.717) is 27.2 Å². The molecule has 0 aliphatic rings. The first kappa shape index (κ1) is 24.2. The van der Waals surface area contributed by atoms with Crippen LogP contribution < -0.4 is 9.33 Å². The number of rotatable bonds is 8. The van der Waals surface area contributed by atoms with E-state index in [0.717, 1.165) is 17.1 Å². The van der Waals surface area contributed by atoms with Crippen molar-refractivity contribution in [3.8, 4) is 5.75 Å². The highest BCUT2D eigenvalue weighted by Crippen LogP contribution is 2.43. The molecule has 0 saturated carbocycles. The Balaban J connectivity index is 2.54. The van der Waals surface area contributed by atoms with Gasteiger partial charge in [-0.1, -0.05) is 65.8 Å². The maximum absolute atomic E-state index is 13.0. The lowest BCUT2D eigenvalue weighted by Crippen LogP contribution is -2.50. The highest BCUT2D eigenvalue weighted by molar-refractivity contribution is 6.78. The lowest BCUT2D eigenvalue weighted by molar-refractivity contribution is -0.114. The summed E-state index contributed by atoms with van der Waals surface area (Å²) < 4.78 is 6.83. The molecule has 0 unspecified atom stereocenters. The monoisotopic (exact) mass is 443 g/mol. The number of amides is 1. The van der Waals surface area contributed by atoms with Crippen LogP contribution in [0.15, 0.2) is 60.7 Å². The van der Waals surface area contributed by atoms with Gasteiger partial charge >= 0.3 is 0 Å². The quantitative estimate of drug-likeness (QED) is 0.304. The van der Waals surface area contributed by atoms with Gasteiger partial charge in [0, 0.05) is 22.3 Å². The fourth-order valence-electron chi connectivity index (χ4n) is 4.41. The molecule has 0 aliphatic heterocycles. The van der Waals surface area contributed by atoms with Crippen molar-refractivity contribution in [2.75, 3.05) is 4.90 Å². The van der Waals surface area contributed by atoms with E-state index >= 15 is 0 Å². The van der Waals surface area contributed by atoms with Gasteiger partial charge in [-0.25, -0.2) is 0 Å². The molecule has 2 rings (SSSR count). The summed E-state index contributed by atoms with van der Waals surface area (Å²) in [5.41, 5.74) is 3.35. The molecule has 0 aromatic heterocycles. The van der Waals surface area contributed by atoms with Gasteiger partial charge in [-0.15, -0.1) is 0 Å². The average Bonchev–Trinajstić information content (AvgIpc) is 2.67. The van der Waals surface area contributed by atoms with Gasteiger partial charge in [0.05, 0.1) is 5.69 Å². The van der Waals surface area contributed by atoms with Crippen molar-refractivity contribution in [2.45, 2.75) is 65.1 Å². The fourth-order valence-corrected chi connectivity index (χ4v) is 9.78. The first-order valence-corrected chi connectivity index (χ1v) is 13.1. The number of anilines is 2. The minimum Gasteiger partial charge on any atom is -0.543 e. The van der Waals surface area contributed by atoms with Crippen molar-refractivity contribution in [2.24, 2.45) is 0 Å². The lowest BCUT2D eigenvalue weighted by atomic mass is 10.2. The summed E-state index contributed by atoms with van der Waals surface area (Å²) in [5.74, 6) is 0.651. The summed E-state index contributed by atoms with van der Waals surface area (Å²) in [6.07, 6.45) is 0. The number of nitrogens with zero attached hydrogens (tertiary/aromatic N) is 1. The molecule has 0 radical (unpaired) electrons. The zero-order chi connectivity index (χ0) is 22.6. The van der Waals surface area contributed by atoms with Crippen LogP contribution in [0, 0.1) is 0 Å². The van der Waals surface area contributed by atoms with Gasteiger partial charge in [0.15, 0.2) is 0 Å². The second kappa shape index (κ2) is 9.84. The summed E-state index contributed by atoms with van der Waals surface area (Å²) in [6.45, 7) is 19.2. The summed E-state index contributed by atoms with van der Waals surface area (Å²) in [4.78, 5) is 14.7. The van der Waals surface area contributed by atoms with Gasteiger partial charge in [0.1, 0.15) is 5.75 Å². The first-order valence-electron chi connectivity index (χ1n) is 10.5. The molecule has 0 spiro atoms. The van der Waals surface area contributed by atoms with E-state index in [1.807, 2.05) is 36.4 Å². The Kier molecular flexibility index (Phi) is 7.95. The third kappa shape index (κ3) is 4.98. The number of hydrogen-bond acceptors (Lipinski definition) is 2. The standard InChI is InChI=1S/C25H34ClNO2Si/c1-17(2)25(28)27(22-14-12-21(26)13-15-22)23-10-9-11-24(16-23)29-30(18(3)4,19(5)6)20(7)8/h9-16,18-20H,1H2,2-8H3. The van der Waals surface area contributed by atoms with Crippen LogP contribution in [0.3, 0.4) is 0 Å². The highest BCUT2D eigenvalue weighted by Gasteiger charge is 2.47. The topological polar surface area (TPSA) is 29.5 Å². The van der Waals surface area contributed by atoms with Crippen molar-refractivity contribution in [1.29, 1.82) is 0 Å². The third-order valence-electron chi connectivity index (χ3n) is 5.73. The predicted octanol–water partition coefficient (Wildman–Crippen LogP) is 8.14. The second-order valence-electron chi connectivity index (χ2n) is 8.81. The molecular weight excluding hydrogens is 410 g/mol. The number of carbonyl (C=O) groups is 1. The molecule has 0 heterocycles. The van der Waals surface area contributed by atoms with Crippen molar-refractivity contribution in [3.63, 3.8) is 0 Å². The maximum Gasteiger partial charge on any atom is 0.258 e. The Bertz CT molecular complexity index is 869. The highest BCUT2D eigenvalue weighted by atomic mass is 35.5. The fraction of sp³-hybridized carbons (Fsp3) is 0.400. The smallest absolute Gasteiger partial charge is 0.258 e. The molecule has 0 atom stereocenters. The zero-order valence-corrected chi connectivity index (χ0v) is 21.0. The van der Waals surface area contributed by atoms with Crippen LogP contribution in [0.5, 0.6) is 5.75 Å². The first-order chi connectivity index (χ1) is 14.0. The molecule has 1 amide bonds. The van der Waals surface area contributed by atoms with Crippen LogP contribution in [0.1, 0.15) is 48.5 Å². The summed E-state index contributed by atoms with van der Waals surface area (Å²) >= 11 is 6.05. The zero-order valence-electron chi connectivity index (χ0n) is 19.2. The summed E-state index contributed by atoms with van der Waals surface area (Å²) in [5, 5.41) is 0.625. The van der Waals surface area contributed by atoms with Crippen molar-refractivity contribution in [1.82, 2.24) is 0 Å². The van der Waals surface area contributed by atoms with Crippen LogP contribution in [-0.4, -0.2) is 14.2 Å². The molecule has 0 bridgehead atoms. The van der Waals surface area contributed by atoms with E-state index in [9.17, 15) is 4.79 Å². The molecule has 162 valence electrons. The summed E-state index contributed by atoms with van der Waals surface area (Å²) in [6, 6.07) is 15.1. The van der Waals surface area contributed by atoms with Gasteiger partial charge in [-0.2, -0.15) is 0 Å². The molecule has 2 aromatic rings. The Morgan fingerprint density at radius 3 is 1.93 bits per heavy atom. The Morgan fingerprint density at radius 2 is 1.47 bits per heavy atom. The Hall–Kier alpha value is -2.04. The van der Waals surface area contributed by atoms with Crippen LogP contribution in [-0.2, 0) is 4.79 Å². The molecule has 5 heteroatoms. The molecule has 0 N–H and O–H groups in total. The minimum absolute atomic E-state index is 0.158. The molecule has 0 aliphatic carbocycles. The van der Waals surface area contributed by atoms with Crippen LogP contribution in [0.25, 0.3) is 0 Å². The number of benzene rings is 2. The van der Waals surface area contributed by atoms with Crippen LogP contribution in [0.4, 0.5) is 11.4 Å². The van der Waals surface area contributed by atoms with E-state index in [1.54, 1.807) is 24.0 Å². The third-order valence-corrected chi connectivity index (χ3v) is 12.0. The number of carbonyl (C=O) groups excluding carboxylic acids is 1. The molecular formula is C25H34ClNO2Si. The lowest BCUT2D eigenvalue weighted by Gasteiger charge is -2.42. The maximum atomic E-state index is 13.0. The van der Waals surface area contributed by atoms with Crippen LogP contribution >= 0.6 is 11.6 Å². The number of halogens is 1. The van der Waals surface area contributed by atoms with Crippen LogP contribution in [0.2, 0.25) is 21.6 Å². The summed E-state index contributed by atoms with van der Waals surface area (Å²) in [7, 11) is -2.10.